The van der Waals surface area contributed by atoms with E-state index in [0.29, 0.717) is 21.9 Å². The van der Waals surface area contributed by atoms with Crippen LogP contribution in [0.3, 0.4) is 0 Å². The third-order valence-corrected chi connectivity index (χ3v) is 3.30. The second kappa shape index (κ2) is 5.74. The zero-order valence-corrected chi connectivity index (χ0v) is 11.8. The maximum Gasteiger partial charge on any atom is 0.175 e. The molecule has 0 bridgehead atoms. The molecule has 0 radical (unpaired) electrons. The van der Waals surface area contributed by atoms with Crippen LogP contribution in [0.2, 0.25) is 15.3 Å². The third kappa shape index (κ3) is 3.05. The summed E-state index contributed by atoms with van der Waals surface area (Å²) in [5, 5.41) is 8.79. The summed E-state index contributed by atoms with van der Waals surface area (Å²) in [6.07, 6.45) is 0. The van der Waals surface area contributed by atoms with E-state index in [1.165, 1.54) is 0 Å². The van der Waals surface area contributed by atoms with Crippen LogP contribution in [0.25, 0.3) is 0 Å². The largest absolute Gasteiger partial charge is 0.368 e. The number of nitrogens with zero attached hydrogens (tertiary/aromatic N) is 3. The fourth-order valence-electron chi connectivity index (χ4n) is 1.58. The van der Waals surface area contributed by atoms with E-state index < -0.39 is 0 Å². The van der Waals surface area contributed by atoms with Crippen molar-refractivity contribution in [2.75, 3.05) is 11.9 Å². The van der Waals surface area contributed by atoms with Crippen LogP contribution in [0.5, 0.6) is 0 Å². The molecule has 0 aliphatic carbocycles. The SMILES string of the molecule is CN(Cc1ccccc1Cl)c1cc(Cl)nnc1Cl. The highest BCUT2D eigenvalue weighted by Crippen LogP contribution is 2.26. The van der Waals surface area contributed by atoms with Crippen LogP contribution in [0.4, 0.5) is 5.69 Å². The van der Waals surface area contributed by atoms with Gasteiger partial charge in [0.15, 0.2) is 10.3 Å². The number of hydrogen-bond donors (Lipinski definition) is 0. The summed E-state index contributed by atoms with van der Waals surface area (Å²) < 4.78 is 0. The average molecular weight is 303 g/mol. The molecule has 0 fully saturated rings. The molecule has 0 saturated heterocycles. The quantitative estimate of drug-likeness (QED) is 0.855. The van der Waals surface area contributed by atoms with Gasteiger partial charge in [-0.25, -0.2) is 0 Å². The van der Waals surface area contributed by atoms with Crippen LogP contribution in [0.1, 0.15) is 5.56 Å². The summed E-state index contributed by atoms with van der Waals surface area (Å²) in [7, 11) is 1.89. The number of aromatic nitrogens is 2. The molecule has 0 aliphatic heterocycles. The van der Waals surface area contributed by atoms with Crippen molar-refractivity contribution in [2.24, 2.45) is 0 Å². The molecule has 1 aromatic carbocycles. The minimum Gasteiger partial charge on any atom is -0.368 e. The van der Waals surface area contributed by atoms with Crippen molar-refractivity contribution < 1.29 is 0 Å². The van der Waals surface area contributed by atoms with E-state index in [1.807, 2.05) is 36.2 Å². The van der Waals surface area contributed by atoms with Gasteiger partial charge >= 0.3 is 0 Å². The van der Waals surface area contributed by atoms with Gasteiger partial charge in [-0.05, 0) is 11.6 Å². The Bertz CT molecular complexity index is 560. The lowest BCUT2D eigenvalue weighted by molar-refractivity contribution is 0.903. The molecule has 0 unspecified atom stereocenters. The molecule has 94 valence electrons. The van der Waals surface area contributed by atoms with E-state index >= 15 is 0 Å². The smallest absolute Gasteiger partial charge is 0.175 e. The topological polar surface area (TPSA) is 29.0 Å². The van der Waals surface area contributed by atoms with Gasteiger partial charge in [0.1, 0.15) is 0 Å². The number of rotatable bonds is 3. The first-order valence-corrected chi connectivity index (χ1v) is 6.34. The van der Waals surface area contributed by atoms with Crippen LogP contribution in [-0.2, 0) is 6.54 Å². The van der Waals surface area contributed by atoms with Gasteiger partial charge in [-0.2, -0.15) is 0 Å². The van der Waals surface area contributed by atoms with Gasteiger partial charge < -0.3 is 4.90 Å². The van der Waals surface area contributed by atoms with E-state index in [-0.39, 0.29) is 0 Å². The molecule has 2 rings (SSSR count). The Morgan fingerprint density at radius 1 is 1.11 bits per heavy atom. The highest BCUT2D eigenvalue weighted by atomic mass is 35.5. The molecule has 18 heavy (non-hydrogen) atoms. The summed E-state index contributed by atoms with van der Waals surface area (Å²) in [5.41, 5.74) is 1.72. The molecular formula is C12H10Cl3N3. The summed E-state index contributed by atoms with van der Waals surface area (Å²) in [4.78, 5) is 1.92. The van der Waals surface area contributed by atoms with Crippen LogP contribution < -0.4 is 4.90 Å². The van der Waals surface area contributed by atoms with Gasteiger partial charge in [0.25, 0.3) is 0 Å². The number of anilines is 1. The summed E-state index contributed by atoms with van der Waals surface area (Å²) in [6, 6.07) is 9.32. The lowest BCUT2D eigenvalue weighted by Crippen LogP contribution is -2.17. The van der Waals surface area contributed by atoms with Gasteiger partial charge in [0.05, 0.1) is 5.69 Å². The van der Waals surface area contributed by atoms with Crippen molar-refractivity contribution in [3.63, 3.8) is 0 Å². The second-order valence-corrected chi connectivity index (χ2v) is 4.94. The Kier molecular flexibility index (Phi) is 4.27. The normalized spacial score (nSPS) is 10.4. The van der Waals surface area contributed by atoms with Gasteiger partial charge in [0, 0.05) is 24.7 Å². The monoisotopic (exact) mass is 301 g/mol. The van der Waals surface area contributed by atoms with Crippen LogP contribution in [-0.4, -0.2) is 17.2 Å². The Morgan fingerprint density at radius 2 is 1.83 bits per heavy atom. The molecule has 0 amide bonds. The lowest BCUT2D eigenvalue weighted by Gasteiger charge is -2.20. The van der Waals surface area contributed by atoms with E-state index in [9.17, 15) is 0 Å². The van der Waals surface area contributed by atoms with Gasteiger partial charge in [0.2, 0.25) is 0 Å². The average Bonchev–Trinajstić information content (AvgIpc) is 2.35. The first kappa shape index (κ1) is 13.4. The molecule has 0 spiro atoms. The minimum atomic E-state index is 0.306. The minimum absolute atomic E-state index is 0.306. The van der Waals surface area contributed by atoms with Crippen molar-refractivity contribution >= 4 is 40.5 Å². The van der Waals surface area contributed by atoms with Gasteiger partial charge in [-0.15, -0.1) is 10.2 Å². The molecule has 0 aliphatic rings. The third-order valence-electron chi connectivity index (χ3n) is 2.48. The number of hydrogen-bond acceptors (Lipinski definition) is 3. The molecular weight excluding hydrogens is 293 g/mol. The first-order valence-electron chi connectivity index (χ1n) is 5.21. The first-order chi connectivity index (χ1) is 8.58. The van der Waals surface area contributed by atoms with E-state index in [1.54, 1.807) is 6.07 Å². The molecule has 3 nitrogen and oxygen atoms in total. The fraction of sp³-hybridized carbons (Fsp3) is 0.167. The van der Waals surface area contributed by atoms with Crippen LogP contribution >= 0.6 is 34.8 Å². The fourth-order valence-corrected chi connectivity index (χ4v) is 2.15. The van der Waals surface area contributed by atoms with Crippen LogP contribution in [0, 0.1) is 0 Å². The molecule has 2 aromatic rings. The van der Waals surface area contributed by atoms with Gasteiger partial charge in [-0.1, -0.05) is 53.0 Å². The van der Waals surface area contributed by atoms with Crippen molar-refractivity contribution in [1.82, 2.24) is 10.2 Å². The predicted molar refractivity (Wildman–Crippen MR) is 75.6 cm³/mol. The number of halogens is 3. The van der Waals surface area contributed by atoms with E-state index in [0.717, 1.165) is 11.3 Å². The maximum atomic E-state index is 6.11. The Balaban J connectivity index is 2.25. The molecule has 1 aromatic heterocycles. The summed E-state index contributed by atoms with van der Waals surface area (Å²) in [6.45, 7) is 0.613. The van der Waals surface area contributed by atoms with E-state index in [4.69, 9.17) is 34.8 Å². The molecule has 0 saturated carbocycles. The van der Waals surface area contributed by atoms with Crippen molar-refractivity contribution in [3.05, 3.63) is 51.2 Å². The maximum absolute atomic E-state index is 6.11. The predicted octanol–water partition coefficient (Wildman–Crippen LogP) is 4.07. The Morgan fingerprint density at radius 3 is 2.56 bits per heavy atom. The molecule has 6 heteroatoms. The highest BCUT2D eigenvalue weighted by molar-refractivity contribution is 6.33. The molecule has 0 atom stereocenters. The van der Waals surface area contributed by atoms with Crippen molar-refractivity contribution in [2.45, 2.75) is 6.54 Å². The van der Waals surface area contributed by atoms with Crippen molar-refractivity contribution in [1.29, 1.82) is 0 Å². The highest BCUT2D eigenvalue weighted by Gasteiger charge is 2.11. The van der Waals surface area contributed by atoms with Crippen molar-refractivity contribution in [3.8, 4) is 0 Å². The Labute approximate surface area is 120 Å². The van der Waals surface area contributed by atoms with Crippen LogP contribution in [0.15, 0.2) is 30.3 Å². The van der Waals surface area contributed by atoms with E-state index in [2.05, 4.69) is 10.2 Å². The Hall–Kier alpha value is -1.03. The zero-order valence-electron chi connectivity index (χ0n) is 9.57. The summed E-state index contributed by atoms with van der Waals surface area (Å²) >= 11 is 17.9. The standard InChI is InChI=1S/C12H10Cl3N3/c1-18(7-8-4-2-3-5-9(8)13)10-6-11(14)16-17-12(10)15/h2-6H,7H2,1H3. The number of benzene rings is 1. The second-order valence-electron chi connectivity index (χ2n) is 3.79. The molecule has 0 N–H and O–H groups in total. The zero-order chi connectivity index (χ0) is 13.1. The van der Waals surface area contributed by atoms with Gasteiger partial charge in [-0.3, -0.25) is 0 Å². The molecule has 1 heterocycles. The lowest BCUT2D eigenvalue weighted by atomic mass is 10.2. The summed E-state index contributed by atoms with van der Waals surface area (Å²) in [5.74, 6) is 0.